The van der Waals surface area contributed by atoms with E-state index in [4.69, 9.17) is 10.7 Å². The lowest BCUT2D eigenvalue weighted by Gasteiger charge is -2.31. The van der Waals surface area contributed by atoms with Gasteiger partial charge >= 0.3 is 0 Å². The molecule has 0 radical (unpaired) electrons. The molecule has 34 heavy (non-hydrogen) atoms. The summed E-state index contributed by atoms with van der Waals surface area (Å²) in [5, 5.41) is 2.92. The molecule has 2 aliphatic rings. The normalized spacial score (nSPS) is 19.4. The number of pyridine rings is 1. The van der Waals surface area contributed by atoms with Crippen LogP contribution in [-0.2, 0) is 14.8 Å². The number of amides is 1. The molecule has 0 bridgehead atoms. The molecule has 1 amide bonds. The smallest absolute Gasteiger partial charge is 0.235 e. The van der Waals surface area contributed by atoms with Gasteiger partial charge in [-0.05, 0) is 43.4 Å². The van der Waals surface area contributed by atoms with Gasteiger partial charge in [-0.1, -0.05) is 19.3 Å². The number of anilines is 3. The number of nitrogens with one attached hydrogen (secondary N) is 1. The van der Waals surface area contributed by atoms with Gasteiger partial charge in [0.25, 0.3) is 0 Å². The molecule has 1 saturated carbocycles. The molecule has 11 heteroatoms. The molecular weight excluding hydrogens is 454 g/mol. The number of aromatic nitrogens is 3. The summed E-state index contributed by atoms with van der Waals surface area (Å²) in [6, 6.07) is 5.33. The molecule has 3 N–H and O–H groups in total. The molecule has 2 fully saturated rings. The maximum Gasteiger partial charge on any atom is 0.235 e. The first-order valence-electron chi connectivity index (χ1n) is 11.9. The average molecular weight is 488 g/mol. The van der Waals surface area contributed by atoms with Crippen LogP contribution in [0.1, 0.15) is 50.1 Å². The van der Waals surface area contributed by atoms with Crippen LogP contribution in [-0.4, -0.2) is 66.0 Å². The van der Waals surface area contributed by atoms with Crippen LogP contribution in [0.3, 0.4) is 0 Å². The topological polar surface area (TPSA) is 134 Å². The fourth-order valence-electron chi connectivity index (χ4n) is 4.95. The van der Waals surface area contributed by atoms with Crippen molar-refractivity contribution in [3.05, 3.63) is 36.4 Å². The third kappa shape index (κ3) is 5.82. The lowest BCUT2D eigenvalue weighted by Crippen LogP contribution is -2.35. The SMILES string of the molecule is CS(=O)(=O)N1CCCN(c2ccc(N)c(C(C(=O)Nc3ccncn3)C3CCCCC3)n2)CC1. The summed E-state index contributed by atoms with van der Waals surface area (Å²) in [6.45, 7) is 2.11. The van der Waals surface area contributed by atoms with E-state index in [-0.39, 0.29) is 11.8 Å². The van der Waals surface area contributed by atoms with E-state index in [1.807, 2.05) is 12.1 Å². The molecule has 3 heterocycles. The molecule has 1 aliphatic carbocycles. The molecule has 4 rings (SSSR count). The van der Waals surface area contributed by atoms with Crippen molar-refractivity contribution in [1.82, 2.24) is 19.3 Å². The number of hydrogen-bond acceptors (Lipinski definition) is 8. The third-order valence-electron chi connectivity index (χ3n) is 6.72. The van der Waals surface area contributed by atoms with Gasteiger partial charge in [0.15, 0.2) is 0 Å². The minimum absolute atomic E-state index is 0.144. The van der Waals surface area contributed by atoms with Crippen molar-refractivity contribution in [2.24, 2.45) is 5.92 Å². The van der Waals surface area contributed by atoms with E-state index >= 15 is 0 Å². The van der Waals surface area contributed by atoms with Crippen molar-refractivity contribution in [3.8, 4) is 0 Å². The van der Waals surface area contributed by atoms with Gasteiger partial charge in [0.2, 0.25) is 15.9 Å². The molecule has 1 unspecified atom stereocenters. The Labute approximate surface area is 201 Å². The van der Waals surface area contributed by atoms with Crippen molar-refractivity contribution < 1.29 is 13.2 Å². The molecular formula is C23H33N7O3S. The lowest BCUT2D eigenvalue weighted by atomic mass is 9.77. The number of carbonyl (C=O) groups excluding carboxylic acids is 1. The third-order valence-corrected chi connectivity index (χ3v) is 8.03. The van der Waals surface area contributed by atoms with E-state index in [1.165, 1.54) is 23.3 Å². The van der Waals surface area contributed by atoms with Crippen LogP contribution in [0.5, 0.6) is 0 Å². The Morgan fingerprint density at radius 2 is 1.88 bits per heavy atom. The van der Waals surface area contributed by atoms with Crippen LogP contribution < -0.4 is 16.0 Å². The van der Waals surface area contributed by atoms with Gasteiger partial charge < -0.3 is 16.0 Å². The van der Waals surface area contributed by atoms with Crippen LogP contribution >= 0.6 is 0 Å². The maximum absolute atomic E-state index is 13.5. The Bertz CT molecular complexity index is 1090. The summed E-state index contributed by atoms with van der Waals surface area (Å²) >= 11 is 0. The molecule has 10 nitrogen and oxygen atoms in total. The molecule has 1 atom stereocenters. The zero-order chi connectivity index (χ0) is 24.1. The molecule has 0 spiro atoms. The fraction of sp³-hybridized carbons (Fsp3) is 0.565. The number of nitrogens with zero attached hydrogens (tertiary/aromatic N) is 5. The number of nitrogen functional groups attached to an aromatic ring is 1. The van der Waals surface area contributed by atoms with Crippen LogP contribution in [0.2, 0.25) is 0 Å². The Morgan fingerprint density at radius 1 is 1.09 bits per heavy atom. The van der Waals surface area contributed by atoms with E-state index in [9.17, 15) is 13.2 Å². The zero-order valence-corrected chi connectivity index (χ0v) is 20.4. The van der Waals surface area contributed by atoms with Crippen LogP contribution in [0.15, 0.2) is 30.7 Å². The van der Waals surface area contributed by atoms with Crippen molar-refractivity contribution in [2.75, 3.05) is 48.4 Å². The van der Waals surface area contributed by atoms with E-state index in [0.717, 1.165) is 31.5 Å². The van der Waals surface area contributed by atoms with Gasteiger partial charge in [-0.3, -0.25) is 4.79 Å². The first-order valence-corrected chi connectivity index (χ1v) is 13.7. The molecule has 2 aromatic heterocycles. The number of carbonyl (C=O) groups is 1. The van der Waals surface area contributed by atoms with Crippen LogP contribution in [0, 0.1) is 5.92 Å². The predicted molar refractivity (Wildman–Crippen MR) is 132 cm³/mol. The fourth-order valence-corrected chi connectivity index (χ4v) is 5.83. The maximum atomic E-state index is 13.5. The monoisotopic (exact) mass is 487 g/mol. The van der Waals surface area contributed by atoms with Gasteiger partial charge in [-0.2, -0.15) is 0 Å². The van der Waals surface area contributed by atoms with E-state index in [2.05, 4.69) is 20.2 Å². The minimum Gasteiger partial charge on any atom is -0.397 e. The largest absolute Gasteiger partial charge is 0.397 e. The zero-order valence-electron chi connectivity index (χ0n) is 19.6. The van der Waals surface area contributed by atoms with Gasteiger partial charge in [-0.25, -0.2) is 27.7 Å². The van der Waals surface area contributed by atoms with Crippen molar-refractivity contribution in [3.63, 3.8) is 0 Å². The number of nitrogens with two attached hydrogens (primary N) is 1. The Hall–Kier alpha value is -2.79. The molecule has 2 aromatic rings. The highest BCUT2D eigenvalue weighted by atomic mass is 32.2. The Kier molecular flexibility index (Phi) is 7.62. The second-order valence-electron chi connectivity index (χ2n) is 9.11. The van der Waals surface area contributed by atoms with E-state index < -0.39 is 15.9 Å². The number of rotatable bonds is 6. The van der Waals surface area contributed by atoms with Gasteiger partial charge in [0.05, 0.1) is 23.6 Å². The van der Waals surface area contributed by atoms with Crippen molar-refractivity contribution >= 4 is 33.3 Å². The highest BCUT2D eigenvalue weighted by Gasteiger charge is 2.34. The first-order chi connectivity index (χ1) is 16.3. The second-order valence-corrected chi connectivity index (χ2v) is 11.1. The lowest BCUT2D eigenvalue weighted by molar-refractivity contribution is -0.119. The van der Waals surface area contributed by atoms with Crippen molar-refractivity contribution in [2.45, 2.75) is 44.4 Å². The molecule has 184 valence electrons. The van der Waals surface area contributed by atoms with Crippen LogP contribution in [0.25, 0.3) is 0 Å². The quantitative estimate of drug-likeness (QED) is 0.633. The average Bonchev–Trinajstić information content (AvgIpc) is 3.09. The Balaban J connectivity index is 1.62. The summed E-state index contributed by atoms with van der Waals surface area (Å²) in [7, 11) is -3.24. The number of hydrogen-bond donors (Lipinski definition) is 2. The van der Waals surface area contributed by atoms with E-state index in [0.29, 0.717) is 49.8 Å². The van der Waals surface area contributed by atoms with Gasteiger partial charge in [0.1, 0.15) is 18.0 Å². The minimum atomic E-state index is -3.24. The molecule has 1 saturated heterocycles. The summed E-state index contributed by atoms with van der Waals surface area (Å²) in [5.74, 6) is 0.653. The van der Waals surface area contributed by atoms with E-state index in [1.54, 1.807) is 12.3 Å². The van der Waals surface area contributed by atoms with Gasteiger partial charge in [0, 0.05) is 32.4 Å². The summed E-state index contributed by atoms with van der Waals surface area (Å²) in [5.41, 5.74) is 7.47. The number of sulfonamides is 1. The second kappa shape index (κ2) is 10.6. The summed E-state index contributed by atoms with van der Waals surface area (Å²) in [4.78, 5) is 28.5. The standard InChI is InChI=1S/C23H33N7O3S/c1-34(32,33)30-13-5-12-29(14-15-30)20-9-8-18(24)22(28-20)21(17-6-3-2-4-7-17)23(31)27-19-10-11-25-16-26-19/h8-11,16-17,21H,2-7,12-15,24H2,1H3,(H,25,26,27,31). The highest BCUT2D eigenvalue weighted by Crippen LogP contribution is 2.39. The van der Waals surface area contributed by atoms with Crippen molar-refractivity contribution in [1.29, 1.82) is 0 Å². The Morgan fingerprint density at radius 3 is 2.59 bits per heavy atom. The summed E-state index contributed by atoms with van der Waals surface area (Å²) in [6.07, 6.45) is 10.2. The predicted octanol–water partition coefficient (Wildman–Crippen LogP) is 2.23. The molecule has 0 aromatic carbocycles. The first kappa shape index (κ1) is 24.3. The summed E-state index contributed by atoms with van der Waals surface area (Å²) < 4.78 is 25.5. The van der Waals surface area contributed by atoms with Gasteiger partial charge in [-0.15, -0.1) is 0 Å². The molecule has 1 aliphatic heterocycles. The highest BCUT2D eigenvalue weighted by molar-refractivity contribution is 7.88. The van der Waals surface area contributed by atoms with Crippen LogP contribution in [0.4, 0.5) is 17.3 Å².